The molecule has 7 heteroatoms. The molecule has 0 bridgehead atoms. The van der Waals surface area contributed by atoms with Crippen molar-refractivity contribution < 1.29 is 30.8 Å². The maximum Gasteiger partial charge on any atom is 0.160 e. The third-order valence-electron chi connectivity index (χ3n) is 17.2. The Hall–Kier alpha value is -11.8. The molecule has 6 heterocycles. The van der Waals surface area contributed by atoms with E-state index in [1.54, 1.807) is 12.1 Å². The number of nitrogens with one attached hydrogen (secondary N) is 1. The van der Waals surface area contributed by atoms with E-state index in [4.69, 9.17) is 42.4 Å². The second-order valence-corrected chi connectivity index (χ2v) is 22.6. The summed E-state index contributed by atoms with van der Waals surface area (Å²) in [5, 5.41) is 10.1. The zero-order chi connectivity index (χ0) is 74.0. The molecule has 0 aliphatic heterocycles. The molecule has 0 amide bonds. The van der Waals surface area contributed by atoms with Gasteiger partial charge in [0.15, 0.2) is 11.2 Å². The molecule has 0 fully saturated rings. The number of aromatic nitrogens is 4. The van der Waals surface area contributed by atoms with Crippen LogP contribution in [0.2, 0.25) is 5.02 Å². The van der Waals surface area contributed by atoms with Crippen LogP contribution in [-0.2, 0) is 0 Å². The van der Waals surface area contributed by atoms with Gasteiger partial charge in [0.25, 0.3) is 0 Å². The molecule has 91 heavy (non-hydrogen) atoms. The van der Waals surface area contributed by atoms with E-state index in [0.29, 0.717) is 5.69 Å². The number of nitrogens with zero attached hydrogens (tertiary/aromatic N) is 3. The van der Waals surface area contributed by atoms with Gasteiger partial charge >= 0.3 is 0 Å². The van der Waals surface area contributed by atoms with Gasteiger partial charge in [-0.3, -0.25) is 0 Å². The lowest BCUT2D eigenvalue weighted by Crippen LogP contribution is -1.95. The van der Waals surface area contributed by atoms with Gasteiger partial charge < -0.3 is 27.5 Å². The first-order valence-corrected chi connectivity index (χ1v) is 29.8. The molecular formula is C84H53ClN4O2. The normalized spacial score (nSPS) is 14.3. The molecule has 0 spiro atoms. The summed E-state index contributed by atoms with van der Waals surface area (Å²) in [6, 6.07) is 68.2. The number of para-hydroxylation sites is 8. The fraction of sp³-hybridized carbons (Fsp3) is 0. The molecule has 0 aliphatic rings. The van der Waals surface area contributed by atoms with Gasteiger partial charge in [-0.15, -0.1) is 0 Å². The lowest BCUT2D eigenvalue weighted by molar-refractivity contribution is 0.670. The highest BCUT2D eigenvalue weighted by Gasteiger charge is 2.21. The summed E-state index contributed by atoms with van der Waals surface area (Å²) in [5.41, 5.74) is 14.9. The molecule has 0 unspecified atom stereocenters. The first-order valence-electron chi connectivity index (χ1n) is 37.4. The molecule has 14 aromatic carbocycles. The van der Waals surface area contributed by atoms with E-state index < -0.39 is 48.3 Å². The molecule has 0 aliphatic carbocycles. The van der Waals surface area contributed by atoms with E-state index >= 15 is 0 Å². The van der Waals surface area contributed by atoms with Crippen LogP contribution in [0.15, 0.2) is 324 Å². The Morgan fingerprint density at radius 1 is 0.275 bits per heavy atom. The predicted molar refractivity (Wildman–Crippen MR) is 382 cm³/mol. The topological polar surface area (TPSA) is 56.9 Å². The SMILES string of the molecule is Clc1ccc(-c2ccc(-n3c4ccccc4c4ccc5c6ccccc6oc5c43)cc2)cc1.[2H]c1c([2H])c([2H])c2c([nH]c3c([2H])c([2H])c([2H])c([2H])c32)c1[2H].[2H]c1c([2H])c([2H])c2c(c1[2H])c1c([2H])c([2H])c([2H])c([2H])c1n2-c1ccc(-c2ccc(-n3c4ccccc4c4ccc5c6ccccc6oc5c43)cc2)cc1. The lowest BCUT2D eigenvalue weighted by Gasteiger charge is -2.11. The molecule has 0 atom stereocenters. The number of halogens is 1. The van der Waals surface area contributed by atoms with E-state index in [2.05, 4.69) is 154 Å². The van der Waals surface area contributed by atoms with Crippen molar-refractivity contribution >= 4 is 143 Å². The standard InChI is InChI=1S/C42H26N2O.C30H18ClNO.C12H9N/c1-5-13-37-31(9-1)32-10-2-6-14-38(32)43(37)29-21-17-27(18-22-29)28-19-23-30(24-20-28)44-39-15-7-3-11-33(39)35-25-26-36-34-12-4-8-16-40(34)45-42(36)41(35)44;31-21-13-9-19(10-14-21)20-11-15-22(16-12-20)32-27-7-3-1-5-23(27)25-17-18-26-24-6-2-4-8-28(24)33-30(26)29(25)32;1-3-7-11-9(5-1)10-6-2-4-8-12(10)13-11/h1-26H;1-18H;1-8,13H/i1D,2D,5D,6D,9D,10D,13D,14D;;1D,2D,3D,4D,5D,6D,7D,8D. The van der Waals surface area contributed by atoms with Gasteiger partial charge in [-0.05, 0) is 131 Å². The fourth-order valence-electron chi connectivity index (χ4n) is 13.0. The van der Waals surface area contributed by atoms with Crippen LogP contribution in [0.4, 0.5) is 0 Å². The summed E-state index contributed by atoms with van der Waals surface area (Å²) in [6.45, 7) is 0. The van der Waals surface area contributed by atoms with Crippen LogP contribution in [0.25, 0.3) is 170 Å². The molecular weight excluding hydrogens is 1130 g/mol. The predicted octanol–water partition coefficient (Wildman–Crippen LogP) is 23.8. The Labute approximate surface area is 549 Å². The van der Waals surface area contributed by atoms with Crippen molar-refractivity contribution in [1.29, 1.82) is 0 Å². The number of fused-ring (bicyclic) bond motifs is 20. The van der Waals surface area contributed by atoms with Crippen molar-refractivity contribution in [2.75, 3.05) is 0 Å². The van der Waals surface area contributed by atoms with Gasteiger partial charge in [-0.2, -0.15) is 0 Å². The van der Waals surface area contributed by atoms with Gasteiger partial charge in [0.2, 0.25) is 0 Å². The highest BCUT2D eigenvalue weighted by atomic mass is 35.5. The minimum Gasteiger partial charge on any atom is -0.454 e. The highest BCUT2D eigenvalue weighted by Crippen LogP contribution is 2.43. The smallest absolute Gasteiger partial charge is 0.160 e. The molecule has 0 radical (unpaired) electrons. The third kappa shape index (κ3) is 8.56. The van der Waals surface area contributed by atoms with Gasteiger partial charge in [0.05, 0.1) is 55.0 Å². The van der Waals surface area contributed by atoms with E-state index in [1.165, 1.54) is 20.9 Å². The Kier molecular flexibility index (Phi) is 8.96. The van der Waals surface area contributed by atoms with Crippen molar-refractivity contribution in [2.24, 2.45) is 0 Å². The molecule has 0 saturated heterocycles. The number of aromatic amines is 1. The number of furan rings is 2. The molecule has 6 nitrogen and oxygen atoms in total. The Morgan fingerprint density at radius 2 is 0.615 bits per heavy atom. The summed E-state index contributed by atoms with van der Waals surface area (Å²) >= 11 is 6.07. The van der Waals surface area contributed by atoms with Crippen molar-refractivity contribution in [1.82, 2.24) is 18.7 Å². The van der Waals surface area contributed by atoms with E-state index in [1.807, 2.05) is 66.7 Å². The lowest BCUT2D eigenvalue weighted by atomic mass is 10.0. The number of hydrogen-bond donors (Lipinski definition) is 1. The van der Waals surface area contributed by atoms with Gasteiger partial charge in [-0.25, -0.2) is 0 Å². The van der Waals surface area contributed by atoms with Crippen molar-refractivity contribution in [2.45, 2.75) is 0 Å². The van der Waals surface area contributed by atoms with Crippen LogP contribution in [0.1, 0.15) is 21.9 Å². The number of rotatable bonds is 5. The first-order chi connectivity index (χ1) is 51.7. The maximum absolute atomic E-state index is 8.79. The van der Waals surface area contributed by atoms with Crippen LogP contribution in [0.5, 0.6) is 0 Å². The molecule has 428 valence electrons. The van der Waals surface area contributed by atoms with Crippen LogP contribution >= 0.6 is 11.6 Å². The zero-order valence-corrected chi connectivity index (χ0v) is 48.6. The van der Waals surface area contributed by atoms with Crippen LogP contribution < -0.4 is 0 Å². The molecule has 20 rings (SSSR count). The largest absolute Gasteiger partial charge is 0.454 e. The van der Waals surface area contributed by atoms with E-state index in [-0.39, 0.29) is 92.0 Å². The quantitative estimate of drug-likeness (QED) is 0.187. The second-order valence-electron chi connectivity index (χ2n) is 22.1. The molecule has 6 aromatic heterocycles. The number of benzene rings is 14. The Balaban J connectivity index is 0.000000127. The average molecular weight is 1200 g/mol. The van der Waals surface area contributed by atoms with E-state index in [0.717, 1.165) is 110 Å². The monoisotopic (exact) mass is 1200 g/mol. The highest BCUT2D eigenvalue weighted by molar-refractivity contribution is 6.30. The third-order valence-corrected chi connectivity index (χ3v) is 17.4. The zero-order valence-electron chi connectivity index (χ0n) is 63.8. The first kappa shape index (κ1) is 38.4. The van der Waals surface area contributed by atoms with Crippen molar-refractivity contribution in [3.05, 3.63) is 320 Å². The van der Waals surface area contributed by atoms with Gasteiger partial charge in [0.1, 0.15) is 11.2 Å². The summed E-state index contributed by atoms with van der Waals surface area (Å²) in [4.78, 5) is 2.71. The van der Waals surface area contributed by atoms with Crippen molar-refractivity contribution in [3.63, 3.8) is 0 Å². The Bertz CT molecular complexity index is 7050. The summed E-state index contributed by atoms with van der Waals surface area (Å²) in [6.07, 6.45) is 0. The van der Waals surface area contributed by atoms with Gasteiger partial charge in [0, 0.05) is 97.8 Å². The van der Waals surface area contributed by atoms with Crippen LogP contribution in [-0.4, -0.2) is 18.7 Å². The maximum atomic E-state index is 8.79. The summed E-state index contributed by atoms with van der Waals surface area (Å²) in [7, 11) is 0. The van der Waals surface area contributed by atoms with Gasteiger partial charge in [-0.1, -0.05) is 218 Å². The van der Waals surface area contributed by atoms with Crippen LogP contribution in [0.3, 0.4) is 0 Å². The van der Waals surface area contributed by atoms with Crippen LogP contribution in [0, 0.1) is 0 Å². The van der Waals surface area contributed by atoms with E-state index in [9.17, 15) is 0 Å². The molecule has 1 N–H and O–H groups in total. The number of hydrogen-bond acceptors (Lipinski definition) is 2. The molecule has 20 aromatic rings. The second kappa shape index (κ2) is 21.2. The minimum atomic E-state index is -0.462. The van der Waals surface area contributed by atoms with Crippen molar-refractivity contribution in [3.8, 4) is 39.3 Å². The molecule has 0 saturated carbocycles. The average Bonchev–Trinajstić information content (AvgIpc) is 1.61. The summed E-state index contributed by atoms with van der Waals surface area (Å²) in [5.74, 6) is 0. The fourth-order valence-corrected chi connectivity index (χ4v) is 13.2. The number of H-pyrrole nitrogens is 1. The Morgan fingerprint density at radius 3 is 1.05 bits per heavy atom. The summed E-state index contributed by atoms with van der Waals surface area (Å²) < 4.78 is 150. The minimum absolute atomic E-state index is 0.0580.